The van der Waals surface area contributed by atoms with Crippen LogP contribution in [0.4, 0.5) is 0 Å². The Labute approximate surface area is 120 Å². The molecule has 0 bridgehead atoms. The van der Waals surface area contributed by atoms with Gasteiger partial charge in [0.05, 0.1) is 6.10 Å². The Morgan fingerprint density at radius 3 is 3.00 bits per heavy atom. The van der Waals surface area contributed by atoms with E-state index in [-0.39, 0.29) is 11.9 Å². The van der Waals surface area contributed by atoms with Gasteiger partial charge in [0.15, 0.2) is 5.78 Å². The standard InChI is InChI=1S/C17H23NO2/c1-12(13-5-4-10-18-11-13)20-17-9-3-6-14-15(17)7-2-8-16(14)19/h3,6,9,12-13,18H,2,4-5,7-8,10-11H2,1H3. The Morgan fingerprint density at radius 1 is 1.30 bits per heavy atom. The summed E-state index contributed by atoms with van der Waals surface area (Å²) in [6.07, 6.45) is 5.24. The molecule has 0 radical (unpaired) electrons. The first-order valence-electron chi connectivity index (χ1n) is 7.78. The number of hydrogen-bond donors (Lipinski definition) is 1. The largest absolute Gasteiger partial charge is 0.490 e. The molecule has 3 rings (SSSR count). The minimum Gasteiger partial charge on any atom is -0.490 e. The zero-order valence-electron chi connectivity index (χ0n) is 12.2. The van der Waals surface area contributed by atoms with E-state index in [1.807, 2.05) is 18.2 Å². The minimum atomic E-state index is 0.200. The van der Waals surface area contributed by atoms with E-state index in [1.165, 1.54) is 12.8 Å². The molecule has 2 aliphatic rings. The van der Waals surface area contributed by atoms with Gasteiger partial charge in [0.2, 0.25) is 0 Å². The molecule has 1 saturated heterocycles. The van der Waals surface area contributed by atoms with E-state index in [0.29, 0.717) is 12.3 Å². The number of fused-ring (bicyclic) bond motifs is 1. The molecule has 1 N–H and O–H groups in total. The summed E-state index contributed by atoms with van der Waals surface area (Å²) in [4.78, 5) is 12.0. The molecule has 1 aromatic rings. The Bertz CT molecular complexity index is 492. The van der Waals surface area contributed by atoms with Crippen LogP contribution >= 0.6 is 0 Å². The number of Topliss-reactive ketones (excluding diaryl/α,β-unsaturated/α-hetero) is 1. The normalized spacial score (nSPS) is 24.1. The van der Waals surface area contributed by atoms with Crippen molar-refractivity contribution in [2.24, 2.45) is 5.92 Å². The fourth-order valence-corrected chi connectivity index (χ4v) is 3.33. The first-order valence-corrected chi connectivity index (χ1v) is 7.78. The van der Waals surface area contributed by atoms with Crippen LogP contribution in [0, 0.1) is 5.92 Å². The van der Waals surface area contributed by atoms with Crippen molar-refractivity contribution in [2.75, 3.05) is 13.1 Å². The number of carbonyl (C=O) groups excluding carboxylic acids is 1. The highest BCUT2D eigenvalue weighted by Crippen LogP contribution is 2.31. The lowest BCUT2D eigenvalue weighted by molar-refractivity contribution is 0.0967. The zero-order chi connectivity index (χ0) is 13.9. The van der Waals surface area contributed by atoms with E-state index in [4.69, 9.17) is 4.74 Å². The van der Waals surface area contributed by atoms with Crippen LogP contribution < -0.4 is 10.1 Å². The lowest BCUT2D eigenvalue weighted by Gasteiger charge is -2.30. The van der Waals surface area contributed by atoms with Crippen molar-refractivity contribution >= 4 is 5.78 Å². The maximum absolute atomic E-state index is 12.0. The van der Waals surface area contributed by atoms with E-state index in [0.717, 1.165) is 42.8 Å². The molecule has 2 unspecified atom stereocenters. The summed E-state index contributed by atoms with van der Waals surface area (Å²) >= 11 is 0. The Hall–Kier alpha value is -1.35. The predicted octanol–water partition coefficient (Wildman–Crippen LogP) is 2.97. The van der Waals surface area contributed by atoms with E-state index >= 15 is 0 Å². The number of rotatable bonds is 3. The van der Waals surface area contributed by atoms with E-state index in [2.05, 4.69) is 12.2 Å². The van der Waals surface area contributed by atoms with E-state index in [9.17, 15) is 4.79 Å². The number of piperidine rings is 1. The summed E-state index contributed by atoms with van der Waals surface area (Å²) in [5, 5.41) is 3.44. The van der Waals surface area contributed by atoms with Gasteiger partial charge in [0.1, 0.15) is 5.75 Å². The fraction of sp³-hybridized carbons (Fsp3) is 0.588. The van der Waals surface area contributed by atoms with E-state index in [1.54, 1.807) is 0 Å². The summed E-state index contributed by atoms with van der Waals surface area (Å²) in [6, 6.07) is 5.91. The molecule has 1 fully saturated rings. The second-order valence-electron chi connectivity index (χ2n) is 5.99. The van der Waals surface area contributed by atoms with Crippen molar-refractivity contribution in [2.45, 2.75) is 45.1 Å². The topological polar surface area (TPSA) is 38.3 Å². The molecule has 3 heteroatoms. The Kier molecular flexibility index (Phi) is 4.06. The SMILES string of the molecule is CC(Oc1cccc2c1CCCC2=O)C1CCCNC1. The molecule has 1 aliphatic carbocycles. The summed E-state index contributed by atoms with van der Waals surface area (Å²) in [6.45, 7) is 4.31. The third kappa shape index (κ3) is 2.73. The van der Waals surface area contributed by atoms with Crippen molar-refractivity contribution in [3.8, 4) is 5.75 Å². The number of hydrogen-bond acceptors (Lipinski definition) is 3. The highest BCUT2D eigenvalue weighted by atomic mass is 16.5. The van der Waals surface area contributed by atoms with Crippen LogP contribution in [0.3, 0.4) is 0 Å². The van der Waals surface area contributed by atoms with Crippen LogP contribution in [0.2, 0.25) is 0 Å². The third-order valence-electron chi connectivity index (χ3n) is 4.58. The highest BCUT2D eigenvalue weighted by molar-refractivity contribution is 5.99. The molecular weight excluding hydrogens is 250 g/mol. The molecule has 20 heavy (non-hydrogen) atoms. The second-order valence-corrected chi connectivity index (χ2v) is 5.99. The molecule has 0 spiro atoms. The van der Waals surface area contributed by atoms with Gasteiger partial charge in [0, 0.05) is 30.0 Å². The zero-order valence-corrected chi connectivity index (χ0v) is 12.2. The van der Waals surface area contributed by atoms with Crippen LogP contribution in [0.25, 0.3) is 0 Å². The number of carbonyl (C=O) groups is 1. The second kappa shape index (κ2) is 5.96. The summed E-state index contributed by atoms with van der Waals surface area (Å²) in [7, 11) is 0. The maximum atomic E-state index is 12.0. The summed E-state index contributed by atoms with van der Waals surface area (Å²) < 4.78 is 6.21. The van der Waals surface area contributed by atoms with Gasteiger partial charge in [-0.15, -0.1) is 0 Å². The van der Waals surface area contributed by atoms with Gasteiger partial charge in [-0.3, -0.25) is 4.79 Å². The van der Waals surface area contributed by atoms with Crippen molar-refractivity contribution < 1.29 is 9.53 Å². The van der Waals surface area contributed by atoms with Crippen LogP contribution in [-0.2, 0) is 6.42 Å². The van der Waals surface area contributed by atoms with Crippen LogP contribution in [0.1, 0.15) is 48.5 Å². The smallest absolute Gasteiger partial charge is 0.163 e. The summed E-state index contributed by atoms with van der Waals surface area (Å²) in [5.74, 6) is 1.76. The summed E-state index contributed by atoms with van der Waals surface area (Å²) in [5.41, 5.74) is 2.00. The lowest BCUT2D eigenvalue weighted by Crippen LogP contribution is -2.38. The Balaban J connectivity index is 1.77. The quantitative estimate of drug-likeness (QED) is 0.920. The first kappa shape index (κ1) is 13.6. The molecule has 1 aliphatic heterocycles. The third-order valence-corrected chi connectivity index (χ3v) is 4.58. The van der Waals surface area contributed by atoms with Crippen LogP contribution in [-0.4, -0.2) is 25.0 Å². The maximum Gasteiger partial charge on any atom is 0.163 e. The highest BCUT2D eigenvalue weighted by Gasteiger charge is 2.24. The van der Waals surface area contributed by atoms with Gasteiger partial charge < -0.3 is 10.1 Å². The molecule has 0 amide bonds. The molecule has 0 aromatic heterocycles. The van der Waals surface area contributed by atoms with Gasteiger partial charge in [0.25, 0.3) is 0 Å². The number of ether oxygens (including phenoxy) is 1. The number of nitrogens with one attached hydrogen (secondary N) is 1. The molecule has 108 valence electrons. The molecule has 2 atom stereocenters. The molecule has 3 nitrogen and oxygen atoms in total. The van der Waals surface area contributed by atoms with Gasteiger partial charge >= 0.3 is 0 Å². The van der Waals surface area contributed by atoms with E-state index < -0.39 is 0 Å². The lowest BCUT2D eigenvalue weighted by atomic mass is 9.89. The predicted molar refractivity (Wildman–Crippen MR) is 79.4 cm³/mol. The van der Waals surface area contributed by atoms with Crippen LogP contribution in [0.5, 0.6) is 5.75 Å². The number of ketones is 1. The Morgan fingerprint density at radius 2 is 2.20 bits per heavy atom. The molecule has 1 heterocycles. The average Bonchev–Trinajstić information content (AvgIpc) is 2.49. The van der Waals surface area contributed by atoms with Crippen molar-refractivity contribution in [3.05, 3.63) is 29.3 Å². The van der Waals surface area contributed by atoms with Crippen LogP contribution in [0.15, 0.2) is 18.2 Å². The minimum absolute atomic E-state index is 0.200. The number of benzene rings is 1. The van der Waals surface area contributed by atoms with Crippen molar-refractivity contribution in [1.29, 1.82) is 0 Å². The van der Waals surface area contributed by atoms with Crippen molar-refractivity contribution in [1.82, 2.24) is 5.32 Å². The molecule has 1 aromatic carbocycles. The van der Waals surface area contributed by atoms with Gasteiger partial charge in [-0.2, -0.15) is 0 Å². The fourth-order valence-electron chi connectivity index (χ4n) is 3.33. The van der Waals surface area contributed by atoms with Gasteiger partial charge in [-0.25, -0.2) is 0 Å². The molecule has 0 saturated carbocycles. The van der Waals surface area contributed by atoms with Crippen molar-refractivity contribution in [3.63, 3.8) is 0 Å². The average molecular weight is 273 g/mol. The monoisotopic (exact) mass is 273 g/mol. The van der Waals surface area contributed by atoms with Gasteiger partial charge in [-0.1, -0.05) is 12.1 Å². The molecular formula is C17H23NO2. The van der Waals surface area contributed by atoms with Gasteiger partial charge in [-0.05, 0) is 45.2 Å². The first-order chi connectivity index (χ1) is 9.75.